The number of thiophene rings is 1. The molecule has 0 bridgehead atoms. The van der Waals surface area contributed by atoms with Gasteiger partial charge in [-0.05, 0) is 64.3 Å². The molecule has 17 heteroatoms. The Kier molecular flexibility index (Phi) is 8.49. The second-order valence-electron chi connectivity index (χ2n) is 15.3. The number of nitriles is 1. The molecule has 2 N–H and O–H groups in total. The summed E-state index contributed by atoms with van der Waals surface area (Å²) in [6, 6.07) is 5.59. The van der Waals surface area contributed by atoms with Crippen LogP contribution in [0.1, 0.15) is 52.0 Å². The normalized spacial score (nSPS) is 25.2. The number of fused-ring (bicyclic) bond motifs is 3. The van der Waals surface area contributed by atoms with Gasteiger partial charge in [-0.2, -0.15) is 15.2 Å². The second kappa shape index (κ2) is 12.5. The van der Waals surface area contributed by atoms with Gasteiger partial charge in [-0.15, -0.1) is 11.3 Å². The van der Waals surface area contributed by atoms with Crippen molar-refractivity contribution in [2.75, 3.05) is 49.5 Å². The average molecular weight is 776 g/mol. The number of benzene rings is 2. The standard InChI is InChI=1S/C36H35ClF5N7O3S/c1-33(2,3)52-32(50)47-30-21(13-43)24-19(5-6-23(39)28(24)53-30)25-22(37)11-20-27(26(25)40)45-31(51-17-34-7-4-9-49(34)14-18(38)12-34)46-29(20)48-10-8-35(16-48)36(41,42)15-44-35/h5-6,11,18,44H,4,7-10,12,14-17H2,1-3H3,(H,47,50)/t18-,34+,35?/m1/s1. The summed E-state index contributed by atoms with van der Waals surface area (Å²) in [7, 11) is 0. The number of rotatable bonds is 6. The monoisotopic (exact) mass is 775 g/mol. The van der Waals surface area contributed by atoms with Crippen LogP contribution in [0.3, 0.4) is 0 Å². The third-order valence-electron chi connectivity index (χ3n) is 10.8. The number of aromatic nitrogens is 2. The first-order valence-electron chi connectivity index (χ1n) is 17.3. The van der Waals surface area contributed by atoms with Gasteiger partial charge in [0.15, 0.2) is 5.82 Å². The highest BCUT2D eigenvalue weighted by Gasteiger charge is 2.64. The molecule has 4 aliphatic heterocycles. The molecule has 0 radical (unpaired) electrons. The van der Waals surface area contributed by atoms with Crippen molar-refractivity contribution in [3.05, 3.63) is 40.4 Å². The van der Waals surface area contributed by atoms with Crippen LogP contribution in [-0.2, 0) is 4.74 Å². The van der Waals surface area contributed by atoms with Crippen LogP contribution < -0.4 is 20.3 Å². The Morgan fingerprint density at radius 3 is 2.70 bits per heavy atom. The number of halogens is 6. The molecule has 2 aromatic carbocycles. The van der Waals surface area contributed by atoms with Crippen molar-refractivity contribution in [2.45, 2.75) is 75.2 Å². The van der Waals surface area contributed by atoms with E-state index < -0.39 is 53.0 Å². The maximum atomic E-state index is 17.2. The van der Waals surface area contributed by atoms with Gasteiger partial charge < -0.3 is 14.4 Å². The molecule has 3 atom stereocenters. The van der Waals surface area contributed by atoms with E-state index in [9.17, 15) is 23.2 Å². The Balaban J connectivity index is 1.26. The Labute approximate surface area is 310 Å². The first-order valence-corrected chi connectivity index (χ1v) is 18.5. The van der Waals surface area contributed by atoms with Crippen LogP contribution in [0, 0.1) is 23.0 Å². The molecule has 0 aliphatic carbocycles. The van der Waals surface area contributed by atoms with E-state index in [0.29, 0.717) is 6.42 Å². The van der Waals surface area contributed by atoms with Crippen LogP contribution in [0.15, 0.2) is 18.2 Å². The number of nitrogens with one attached hydrogen (secondary N) is 2. The molecule has 6 heterocycles. The van der Waals surface area contributed by atoms with Crippen LogP contribution in [0.2, 0.25) is 5.02 Å². The summed E-state index contributed by atoms with van der Waals surface area (Å²) in [5, 5.41) is 15.6. The molecule has 53 heavy (non-hydrogen) atoms. The Morgan fingerprint density at radius 1 is 1.23 bits per heavy atom. The zero-order valence-corrected chi connectivity index (χ0v) is 30.6. The minimum absolute atomic E-state index is 0.00662. The second-order valence-corrected chi connectivity index (χ2v) is 16.7. The highest BCUT2D eigenvalue weighted by Crippen LogP contribution is 2.49. The van der Waals surface area contributed by atoms with Gasteiger partial charge >= 0.3 is 12.1 Å². The molecule has 2 aromatic heterocycles. The molecule has 4 fully saturated rings. The number of carbonyl (C=O) groups is 1. The minimum Gasteiger partial charge on any atom is -0.461 e. The third kappa shape index (κ3) is 5.91. The van der Waals surface area contributed by atoms with Crippen LogP contribution in [0.5, 0.6) is 6.01 Å². The maximum absolute atomic E-state index is 17.2. The van der Waals surface area contributed by atoms with Gasteiger partial charge in [0.1, 0.15) is 52.1 Å². The van der Waals surface area contributed by atoms with E-state index in [0.717, 1.165) is 30.4 Å². The number of amides is 1. The number of hydrogen-bond donors (Lipinski definition) is 2. The fraction of sp³-hybridized carbons (Fsp3) is 0.500. The summed E-state index contributed by atoms with van der Waals surface area (Å²) in [5.41, 5.74) is -3.44. The SMILES string of the molecule is CC(C)(C)OC(=O)Nc1sc2c(F)ccc(-c3c(Cl)cc4c(N5CCC6(C5)NCC6(F)F)nc(OC[C@@]56CCCN5C[C@H](F)C6)nc4c3F)c2c1C#N. The summed E-state index contributed by atoms with van der Waals surface area (Å²) >= 11 is 7.62. The van der Waals surface area contributed by atoms with Crippen molar-refractivity contribution in [1.82, 2.24) is 20.2 Å². The molecule has 1 amide bonds. The predicted octanol–water partition coefficient (Wildman–Crippen LogP) is 7.80. The van der Waals surface area contributed by atoms with Crippen molar-refractivity contribution in [1.29, 1.82) is 5.26 Å². The van der Waals surface area contributed by atoms with Crippen molar-refractivity contribution in [3.8, 4) is 23.2 Å². The maximum Gasteiger partial charge on any atom is 0.412 e. The third-order valence-corrected chi connectivity index (χ3v) is 12.2. The molecular formula is C36H35ClF5N7O3S. The molecular weight excluding hydrogens is 741 g/mol. The molecule has 280 valence electrons. The van der Waals surface area contributed by atoms with Crippen LogP contribution in [0.4, 0.5) is 37.6 Å². The highest BCUT2D eigenvalue weighted by molar-refractivity contribution is 7.23. The number of nitrogens with zero attached hydrogens (tertiary/aromatic N) is 5. The van der Waals surface area contributed by atoms with Crippen molar-refractivity contribution in [2.24, 2.45) is 0 Å². The minimum atomic E-state index is -2.96. The number of ether oxygens (including phenoxy) is 2. The molecule has 1 spiro atoms. The Morgan fingerprint density at radius 2 is 2.02 bits per heavy atom. The van der Waals surface area contributed by atoms with Gasteiger partial charge in [0.2, 0.25) is 0 Å². The van der Waals surface area contributed by atoms with E-state index in [-0.39, 0.29) is 98.6 Å². The first kappa shape index (κ1) is 36.0. The van der Waals surface area contributed by atoms with Crippen LogP contribution >= 0.6 is 22.9 Å². The number of anilines is 2. The van der Waals surface area contributed by atoms with E-state index >= 15 is 8.78 Å². The molecule has 4 saturated heterocycles. The summed E-state index contributed by atoms with van der Waals surface area (Å²) in [4.78, 5) is 25.4. The molecule has 1 unspecified atom stereocenters. The van der Waals surface area contributed by atoms with Crippen LogP contribution in [-0.4, -0.2) is 89.1 Å². The zero-order chi connectivity index (χ0) is 37.7. The van der Waals surface area contributed by atoms with E-state index in [4.69, 9.17) is 21.1 Å². The summed E-state index contributed by atoms with van der Waals surface area (Å²) < 4.78 is 88.1. The van der Waals surface area contributed by atoms with Gasteiger partial charge in [-0.3, -0.25) is 15.5 Å². The first-order chi connectivity index (χ1) is 25.0. The smallest absolute Gasteiger partial charge is 0.412 e. The van der Waals surface area contributed by atoms with E-state index in [1.54, 1.807) is 25.7 Å². The average Bonchev–Trinajstić information content (AvgIpc) is 3.85. The molecule has 4 aromatic rings. The number of alkyl halides is 3. The molecule has 10 nitrogen and oxygen atoms in total. The fourth-order valence-electron chi connectivity index (χ4n) is 8.24. The lowest BCUT2D eigenvalue weighted by molar-refractivity contribution is -0.145. The summed E-state index contributed by atoms with van der Waals surface area (Å²) in [5.74, 6) is -4.49. The Bertz CT molecular complexity index is 2230. The molecule has 8 rings (SSSR count). The number of carbonyl (C=O) groups excluding carboxylic acids is 1. The van der Waals surface area contributed by atoms with E-state index in [1.807, 2.05) is 11.0 Å². The van der Waals surface area contributed by atoms with Crippen molar-refractivity contribution in [3.63, 3.8) is 0 Å². The lowest BCUT2D eigenvalue weighted by atomic mass is 9.83. The van der Waals surface area contributed by atoms with E-state index in [1.165, 1.54) is 12.1 Å². The van der Waals surface area contributed by atoms with Crippen molar-refractivity contribution >= 4 is 60.8 Å². The number of hydrogen-bond acceptors (Lipinski definition) is 10. The quantitative estimate of drug-likeness (QED) is 0.189. The molecule has 4 aliphatic rings. The van der Waals surface area contributed by atoms with Crippen molar-refractivity contribution < 1.29 is 36.2 Å². The molecule has 0 saturated carbocycles. The summed E-state index contributed by atoms with van der Waals surface area (Å²) in [6.45, 7) is 5.62. The van der Waals surface area contributed by atoms with Gasteiger partial charge in [-0.1, -0.05) is 17.7 Å². The Hall–Kier alpha value is -4.04. The summed E-state index contributed by atoms with van der Waals surface area (Å²) in [6.07, 6.45) is 0.0484. The predicted molar refractivity (Wildman–Crippen MR) is 191 cm³/mol. The fourth-order valence-corrected chi connectivity index (χ4v) is 9.60. The van der Waals surface area contributed by atoms with E-state index in [2.05, 4.69) is 20.6 Å². The largest absolute Gasteiger partial charge is 0.461 e. The lowest BCUT2D eigenvalue weighted by Crippen LogP contribution is -2.74. The van der Waals surface area contributed by atoms with Gasteiger partial charge in [-0.25, -0.2) is 26.7 Å². The van der Waals surface area contributed by atoms with Gasteiger partial charge in [0.25, 0.3) is 5.92 Å². The lowest BCUT2D eigenvalue weighted by Gasteiger charge is -2.47. The van der Waals surface area contributed by atoms with Crippen LogP contribution in [0.25, 0.3) is 32.1 Å². The topological polar surface area (TPSA) is 116 Å². The highest BCUT2D eigenvalue weighted by atomic mass is 35.5. The van der Waals surface area contributed by atoms with Gasteiger partial charge in [0.05, 0.1) is 27.4 Å². The van der Waals surface area contributed by atoms with Gasteiger partial charge in [0, 0.05) is 42.4 Å². The zero-order valence-electron chi connectivity index (χ0n) is 29.0.